The van der Waals surface area contributed by atoms with Crippen molar-refractivity contribution in [1.82, 2.24) is 0 Å². The lowest BCUT2D eigenvalue weighted by atomic mass is 10.1. The van der Waals surface area contributed by atoms with Crippen LogP contribution < -0.4 is 10.0 Å². The average Bonchev–Trinajstić information content (AvgIpc) is 2.69. The lowest BCUT2D eigenvalue weighted by molar-refractivity contribution is 0.0926. The topological polar surface area (TPSA) is 97.5 Å². The Hall–Kier alpha value is -2.51. The van der Waals surface area contributed by atoms with Crippen molar-refractivity contribution in [3.63, 3.8) is 0 Å². The van der Waals surface area contributed by atoms with E-state index in [-0.39, 0.29) is 10.6 Å². The van der Waals surface area contributed by atoms with Crippen molar-refractivity contribution in [1.29, 1.82) is 0 Å². The predicted molar refractivity (Wildman–Crippen MR) is 80.1 cm³/mol. The van der Waals surface area contributed by atoms with Crippen molar-refractivity contribution >= 4 is 27.5 Å². The number of fused-ring (bicyclic) bond motifs is 1. The number of anilines is 1. The lowest BCUT2D eigenvalue weighted by Gasteiger charge is -2.14. The quantitative estimate of drug-likeness (QED) is 0.848. The first-order valence-electron chi connectivity index (χ1n) is 6.41. The van der Waals surface area contributed by atoms with E-state index in [1.807, 2.05) is 6.92 Å². The summed E-state index contributed by atoms with van der Waals surface area (Å²) in [5, 5.41) is 5.08. The minimum absolute atomic E-state index is 0.155. The molecular formula is C15H12N2O4S. The van der Waals surface area contributed by atoms with Gasteiger partial charge < -0.3 is 0 Å². The van der Waals surface area contributed by atoms with Crippen LogP contribution >= 0.6 is 0 Å². The zero-order chi connectivity index (χ0) is 16.1. The summed E-state index contributed by atoms with van der Waals surface area (Å²) >= 11 is 0. The largest absolute Gasteiger partial charge is 0.268 e. The van der Waals surface area contributed by atoms with Gasteiger partial charge in [-0.3, -0.25) is 9.59 Å². The molecule has 0 radical (unpaired) electrons. The van der Waals surface area contributed by atoms with Crippen LogP contribution in [0.3, 0.4) is 0 Å². The van der Waals surface area contributed by atoms with Crippen LogP contribution in [-0.4, -0.2) is 20.2 Å². The van der Waals surface area contributed by atoms with E-state index in [4.69, 9.17) is 5.14 Å². The van der Waals surface area contributed by atoms with Gasteiger partial charge in [-0.15, -0.1) is 0 Å². The maximum absolute atomic E-state index is 12.4. The first kappa shape index (κ1) is 14.4. The summed E-state index contributed by atoms with van der Waals surface area (Å²) in [6, 6.07) is 10.4. The molecule has 3 rings (SSSR count). The van der Waals surface area contributed by atoms with E-state index in [0.717, 1.165) is 10.5 Å². The van der Waals surface area contributed by atoms with E-state index in [1.54, 1.807) is 18.2 Å². The minimum Gasteiger partial charge on any atom is -0.268 e. The number of benzene rings is 2. The third kappa shape index (κ3) is 2.20. The number of nitrogens with two attached hydrogens (primary N) is 1. The van der Waals surface area contributed by atoms with Crippen molar-refractivity contribution in [3.05, 3.63) is 59.2 Å². The van der Waals surface area contributed by atoms with Crippen LogP contribution in [0.25, 0.3) is 0 Å². The number of hydrogen-bond acceptors (Lipinski definition) is 4. The second-order valence-electron chi connectivity index (χ2n) is 5.04. The third-order valence-corrected chi connectivity index (χ3v) is 4.36. The van der Waals surface area contributed by atoms with Gasteiger partial charge in [-0.05, 0) is 37.3 Å². The summed E-state index contributed by atoms with van der Waals surface area (Å²) in [6.07, 6.45) is 0. The van der Waals surface area contributed by atoms with Gasteiger partial charge in [0.25, 0.3) is 11.8 Å². The molecule has 0 bridgehead atoms. The van der Waals surface area contributed by atoms with Crippen LogP contribution in [0.2, 0.25) is 0 Å². The molecule has 0 unspecified atom stereocenters. The highest BCUT2D eigenvalue weighted by atomic mass is 32.2. The molecule has 0 aliphatic carbocycles. The Morgan fingerprint density at radius 2 is 1.64 bits per heavy atom. The zero-order valence-electron chi connectivity index (χ0n) is 11.6. The van der Waals surface area contributed by atoms with Gasteiger partial charge >= 0.3 is 0 Å². The Balaban J connectivity index is 2.12. The number of imide groups is 1. The van der Waals surface area contributed by atoms with E-state index in [1.165, 1.54) is 24.3 Å². The molecule has 0 saturated heterocycles. The molecule has 0 atom stereocenters. The Bertz CT molecular complexity index is 919. The highest BCUT2D eigenvalue weighted by Gasteiger charge is 2.36. The number of amides is 2. The second-order valence-corrected chi connectivity index (χ2v) is 6.60. The van der Waals surface area contributed by atoms with E-state index in [2.05, 4.69) is 0 Å². The van der Waals surface area contributed by atoms with Gasteiger partial charge in [-0.2, -0.15) is 0 Å². The maximum atomic E-state index is 12.4. The monoisotopic (exact) mass is 316 g/mol. The molecule has 1 aliphatic heterocycles. The van der Waals surface area contributed by atoms with Crippen molar-refractivity contribution in [2.45, 2.75) is 11.8 Å². The normalized spacial score (nSPS) is 14.4. The summed E-state index contributed by atoms with van der Waals surface area (Å²) in [7, 11) is -3.91. The van der Waals surface area contributed by atoms with Crippen molar-refractivity contribution in [2.75, 3.05) is 4.90 Å². The standard InChI is InChI=1S/C15H12N2O4S/c1-9-5-6-12-13(7-9)15(19)17(14(12)18)10-3-2-4-11(8-10)22(16,20)21/h2-8H,1H3,(H2,16,20,21). The Kier molecular flexibility index (Phi) is 3.12. The van der Waals surface area contributed by atoms with Crippen LogP contribution in [0.1, 0.15) is 26.3 Å². The molecule has 0 spiro atoms. The fourth-order valence-corrected chi connectivity index (χ4v) is 2.94. The number of rotatable bonds is 2. The first-order chi connectivity index (χ1) is 10.3. The molecule has 1 heterocycles. The number of carbonyl (C=O) groups is 2. The highest BCUT2D eigenvalue weighted by Crippen LogP contribution is 2.30. The van der Waals surface area contributed by atoms with Gasteiger partial charge in [0.1, 0.15) is 0 Å². The van der Waals surface area contributed by atoms with Crippen molar-refractivity contribution in [2.24, 2.45) is 5.14 Å². The summed E-state index contributed by atoms with van der Waals surface area (Å²) < 4.78 is 22.8. The molecule has 2 aromatic rings. The molecule has 2 amide bonds. The number of aryl methyl sites for hydroxylation is 1. The van der Waals surface area contributed by atoms with Crippen molar-refractivity contribution in [3.8, 4) is 0 Å². The van der Waals surface area contributed by atoms with E-state index in [9.17, 15) is 18.0 Å². The maximum Gasteiger partial charge on any atom is 0.266 e. The smallest absolute Gasteiger partial charge is 0.266 e. The van der Waals surface area contributed by atoms with Gasteiger partial charge in [0.2, 0.25) is 10.0 Å². The van der Waals surface area contributed by atoms with Crippen LogP contribution in [0.15, 0.2) is 47.4 Å². The molecule has 0 aromatic heterocycles. The average molecular weight is 316 g/mol. The van der Waals surface area contributed by atoms with Gasteiger partial charge in [0.05, 0.1) is 21.7 Å². The van der Waals surface area contributed by atoms with Crippen LogP contribution in [0.4, 0.5) is 5.69 Å². The summed E-state index contributed by atoms with van der Waals surface area (Å²) in [5.74, 6) is -0.957. The van der Waals surface area contributed by atoms with E-state index < -0.39 is 21.8 Å². The highest BCUT2D eigenvalue weighted by molar-refractivity contribution is 7.89. The van der Waals surface area contributed by atoms with Crippen molar-refractivity contribution < 1.29 is 18.0 Å². The SMILES string of the molecule is Cc1ccc2c(c1)C(=O)N(c1cccc(S(N)(=O)=O)c1)C2=O. The molecular weight excluding hydrogens is 304 g/mol. The second kappa shape index (κ2) is 4.75. The number of carbonyl (C=O) groups excluding carboxylic acids is 2. The Morgan fingerprint density at radius 1 is 0.955 bits per heavy atom. The summed E-state index contributed by atoms with van der Waals surface area (Å²) in [6.45, 7) is 1.82. The van der Waals surface area contributed by atoms with Gasteiger partial charge in [-0.25, -0.2) is 18.5 Å². The summed E-state index contributed by atoms with van der Waals surface area (Å²) in [4.78, 5) is 25.7. The number of hydrogen-bond donors (Lipinski definition) is 1. The molecule has 2 aromatic carbocycles. The third-order valence-electron chi connectivity index (χ3n) is 3.45. The van der Waals surface area contributed by atoms with Gasteiger partial charge in [-0.1, -0.05) is 17.7 Å². The number of primary sulfonamides is 1. The number of nitrogens with zero attached hydrogens (tertiary/aromatic N) is 1. The molecule has 7 heteroatoms. The predicted octanol–water partition coefficient (Wildman–Crippen LogP) is 1.44. The molecule has 0 fully saturated rings. The Morgan fingerprint density at radius 3 is 2.32 bits per heavy atom. The summed E-state index contributed by atoms with van der Waals surface area (Å²) in [5.41, 5.74) is 1.65. The molecule has 2 N–H and O–H groups in total. The van der Waals surface area contributed by atoms with E-state index >= 15 is 0 Å². The van der Waals surface area contributed by atoms with Crippen LogP contribution in [0, 0.1) is 6.92 Å². The molecule has 22 heavy (non-hydrogen) atoms. The number of sulfonamides is 1. The Labute approximate surface area is 127 Å². The zero-order valence-corrected chi connectivity index (χ0v) is 12.4. The van der Waals surface area contributed by atoms with E-state index in [0.29, 0.717) is 11.1 Å². The van der Waals surface area contributed by atoms with Gasteiger partial charge in [0.15, 0.2) is 0 Å². The minimum atomic E-state index is -3.91. The molecule has 6 nitrogen and oxygen atoms in total. The van der Waals surface area contributed by atoms with Crippen LogP contribution in [-0.2, 0) is 10.0 Å². The van der Waals surface area contributed by atoms with Gasteiger partial charge in [0, 0.05) is 0 Å². The molecule has 112 valence electrons. The fraction of sp³-hybridized carbons (Fsp3) is 0.0667. The molecule has 1 aliphatic rings. The fourth-order valence-electron chi connectivity index (χ4n) is 2.39. The lowest BCUT2D eigenvalue weighted by Crippen LogP contribution is -2.29. The molecule has 0 saturated carbocycles. The van der Waals surface area contributed by atoms with Crippen LogP contribution in [0.5, 0.6) is 0 Å². The first-order valence-corrected chi connectivity index (χ1v) is 7.96.